The minimum Gasteiger partial charge on any atom is -0.121 e. The van der Waals surface area contributed by atoms with E-state index in [1.165, 1.54) is 0 Å². The number of halogens is 5. The standard InChI is InChI=1S/C7H5Cl5Si2/c8-7(9)13-5-1-3-6(4-2-5)14(10,11)12/h1-4,7H. The van der Waals surface area contributed by atoms with Crippen LogP contribution in [0, 0.1) is 0 Å². The predicted molar refractivity (Wildman–Crippen MR) is 70.3 cm³/mol. The van der Waals surface area contributed by atoms with Gasteiger partial charge in [-0.1, -0.05) is 29.5 Å². The Morgan fingerprint density at radius 3 is 1.86 bits per heavy atom. The SMILES string of the molecule is ClC(Cl)[Si]c1ccc([Si](Cl)(Cl)Cl)cc1. The Labute approximate surface area is 110 Å². The van der Waals surface area contributed by atoms with Crippen molar-refractivity contribution in [1.82, 2.24) is 0 Å². The summed E-state index contributed by atoms with van der Waals surface area (Å²) in [6.07, 6.45) is 0. The number of hydrogen-bond donors (Lipinski definition) is 0. The molecule has 0 saturated carbocycles. The fraction of sp³-hybridized carbons (Fsp3) is 0.143. The molecule has 0 aliphatic rings. The minimum atomic E-state index is -2.74. The molecule has 1 aromatic carbocycles. The van der Waals surface area contributed by atoms with Crippen LogP contribution in [0.2, 0.25) is 0 Å². The molecule has 0 nitrogen and oxygen atoms in total. The highest BCUT2D eigenvalue weighted by Gasteiger charge is 2.27. The summed E-state index contributed by atoms with van der Waals surface area (Å²) in [6, 6.07) is 4.67. The summed E-state index contributed by atoms with van der Waals surface area (Å²) < 4.78 is -0.370. The molecule has 2 radical (unpaired) electrons. The van der Waals surface area contributed by atoms with Gasteiger partial charge in [-0.15, -0.1) is 56.4 Å². The van der Waals surface area contributed by atoms with Crippen LogP contribution in [0.5, 0.6) is 0 Å². The smallest absolute Gasteiger partial charge is 0.121 e. The number of alkyl halides is 2. The van der Waals surface area contributed by atoms with Crippen LogP contribution < -0.4 is 10.4 Å². The molecular formula is C7H5Cl5Si2. The molecule has 0 atom stereocenters. The van der Waals surface area contributed by atoms with Gasteiger partial charge in [-0.25, -0.2) is 0 Å². The second-order valence-electron chi connectivity index (χ2n) is 2.52. The highest BCUT2D eigenvalue weighted by atomic mass is 35.8. The Hall–Kier alpha value is 1.10. The van der Waals surface area contributed by atoms with Crippen LogP contribution in [0.4, 0.5) is 0 Å². The molecule has 0 unspecified atom stereocenters. The minimum absolute atomic E-state index is 0.358. The Morgan fingerprint density at radius 2 is 1.50 bits per heavy atom. The van der Waals surface area contributed by atoms with E-state index in [0.717, 1.165) is 10.4 Å². The zero-order valence-corrected chi connectivity index (χ0v) is 12.6. The quantitative estimate of drug-likeness (QED) is 0.456. The van der Waals surface area contributed by atoms with Crippen molar-refractivity contribution in [2.24, 2.45) is 0 Å². The van der Waals surface area contributed by atoms with Gasteiger partial charge in [-0.05, 0) is 5.19 Å². The Balaban J connectivity index is 2.79. The van der Waals surface area contributed by atoms with Crippen molar-refractivity contribution in [3.8, 4) is 0 Å². The lowest BCUT2D eigenvalue weighted by atomic mass is 10.4. The van der Waals surface area contributed by atoms with Crippen molar-refractivity contribution >= 4 is 82.3 Å². The number of rotatable bonds is 3. The summed E-state index contributed by atoms with van der Waals surface area (Å²) in [4.78, 5) is 0. The zero-order chi connectivity index (χ0) is 10.8. The highest BCUT2D eigenvalue weighted by molar-refractivity contribution is 7.69. The average Bonchev–Trinajstić information content (AvgIpc) is 2.02. The first kappa shape index (κ1) is 13.2. The third kappa shape index (κ3) is 4.31. The summed E-state index contributed by atoms with van der Waals surface area (Å²) >= 11 is 28.8. The van der Waals surface area contributed by atoms with Gasteiger partial charge in [-0.3, -0.25) is 0 Å². The molecule has 1 rings (SSSR count). The predicted octanol–water partition coefficient (Wildman–Crippen LogP) is 2.64. The van der Waals surface area contributed by atoms with Crippen molar-refractivity contribution in [3.63, 3.8) is 0 Å². The average molecular weight is 323 g/mol. The summed E-state index contributed by atoms with van der Waals surface area (Å²) in [6.45, 7) is 0. The van der Waals surface area contributed by atoms with Gasteiger partial charge in [0.1, 0.15) is 9.52 Å². The fourth-order valence-electron chi connectivity index (χ4n) is 0.881. The van der Waals surface area contributed by atoms with Gasteiger partial charge in [0.05, 0.1) is 4.46 Å². The van der Waals surface area contributed by atoms with E-state index in [9.17, 15) is 0 Å². The Kier molecular flexibility index (Phi) is 5.12. The Bertz CT molecular complexity index is 292. The van der Waals surface area contributed by atoms with Gasteiger partial charge >= 0.3 is 6.00 Å². The van der Waals surface area contributed by atoms with E-state index in [2.05, 4.69) is 0 Å². The molecule has 0 bridgehead atoms. The monoisotopic (exact) mass is 320 g/mol. The second kappa shape index (κ2) is 5.44. The highest BCUT2D eigenvalue weighted by Crippen LogP contribution is 2.18. The van der Waals surface area contributed by atoms with Gasteiger partial charge in [0.15, 0.2) is 0 Å². The van der Waals surface area contributed by atoms with Crippen molar-refractivity contribution in [2.75, 3.05) is 0 Å². The van der Waals surface area contributed by atoms with Crippen LogP contribution in [-0.2, 0) is 0 Å². The molecule has 7 heteroatoms. The molecule has 76 valence electrons. The summed E-state index contributed by atoms with van der Waals surface area (Å²) in [7, 11) is 0.358. The van der Waals surface area contributed by atoms with E-state index in [4.69, 9.17) is 56.4 Å². The van der Waals surface area contributed by atoms with Gasteiger partial charge in [0.25, 0.3) is 0 Å². The maximum atomic E-state index is 5.84. The van der Waals surface area contributed by atoms with Crippen LogP contribution in [0.25, 0.3) is 0 Å². The maximum Gasteiger partial charge on any atom is 0.372 e. The van der Waals surface area contributed by atoms with E-state index in [-0.39, 0.29) is 4.46 Å². The van der Waals surface area contributed by atoms with E-state index in [0.29, 0.717) is 9.52 Å². The first-order valence-corrected chi connectivity index (χ1v) is 10.6. The van der Waals surface area contributed by atoms with E-state index >= 15 is 0 Å². The first-order chi connectivity index (χ1) is 6.39. The topological polar surface area (TPSA) is 0 Å². The van der Waals surface area contributed by atoms with Crippen LogP contribution >= 0.6 is 56.4 Å². The molecule has 0 heterocycles. The fourth-order valence-corrected chi connectivity index (χ4v) is 3.93. The Morgan fingerprint density at radius 1 is 1.00 bits per heavy atom. The van der Waals surface area contributed by atoms with Crippen molar-refractivity contribution in [2.45, 2.75) is 4.46 Å². The van der Waals surface area contributed by atoms with Crippen molar-refractivity contribution in [3.05, 3.63) is 24.3 Å². The maximum absolute atomic E-state index is 5.84. The lowest BCUT2D eigenvalue weighted by Gasteiger charge is -2.08. The van der Waals surface area contributed by atoms with Gasteiger partial charge in [0.2, 0.25) is 0 Å². The van der Waals surface area contributed by atoms with E-state index in [1.807, 2.05) is 24.3 Å². The molecule has 0 fully saturated rings. The summed E-state index contributed by atoms with van der Waals surface area (Å²) in [5, 5.41) is 1.84. The lowest BCUT2D eigenvalue weighted by molar-refractivity contribution is 1.79. The normalized spacial score (nSPS) is 12.1. The third-order valence-electron chi connectivity index (χ3n) is 1.49. The van der Waals surface area contributed by atoms with Crippen molar-refractivity contribution < 1.29 is 0 Å². The molecule has 0 aliphatic carbocycles. The lowest BCUT2D eigenvalue weighted by Crippen LogP contribution is -2.32. The molecule has 0 aromatic heterocycles. The largest absolute Gasteiger partial charge is 0.372 e. The number of benzene rings is 1. The first-order valence-electron chi connectivity index (χ1n) is 3.61. The van der Waals surface area contributed by atoms with E-state index < -0.39 is 6.00 Å². The molecular weight excluding hydrogens is 318 g/mol. The molecule has 0 saturated heterocycles. The summed E-state index contributed by atoms with van der Waals surface area (Å²) in [5.41, 5.74) is 0. The third-order valence-corrected chi connectivity index (χ3v) is 5.98. The summed E-state index contributed by atoms with van der Waals surface area (Å²) in [5.74, 6) is 0. The molecule has 0 N–H and O–H groups in total. The molecule has 1 aromatic rings. The zero-order valence-electron chi connectivity index (χ0n) is 6.78. The van der Waals surface area contributed by atoms with Gasteiger partial charge < -0.3 is 0 Å². The van der Waals surface area contributed by atoms with Crippen LogP contribution in [0.1, 0.15) is 0 Å². The van der Waals surface area contributed by atoms with E-state index in [1.54, 1.807) is 0 Å². The number of hydrogen-bond acceptors (Lipinski definition) is 0. The molecule has 0 amide bonds. The van der Waals surface area contributed by atoms with Gasteiger partial charge in [0, 0.05) is 0 Å². The van der Waals surface area contributed by atoms with Crippen molar-refractivity contribution in [1.29, 1.82) is 0 Å². The molecule has 0 spiro atoms. The van der Waals surface area contributed by atoms with Crippen LogP contribution in [0.15, 0.2) is 24.3 Å². The van der Waals surface area contributed by atoms with Gasteiger partial charge in [-0.2, -0.15) is 0 Å². The van der Waals surface area contributed by atoms with Crippen LogP contribution in [-0.4, -0.2) is 20.0 Å². The molecule has 14 heavy (non-hydrogen) atoms. The van der Waals surface area contributed by atoms with Crippen LogP contribution in [0.3, 0.4) is 0 Å². The molecule has 0 aliphatic heterocycles. The second-order valence-corrected chi connectivity index (χ2v) is 14.2.